The average molecular weight is 1080 g/mol. The number of aliphatic hydroxyl groups is 2. The summed E-state index contributed by atoms with van der Waals surface area (Å²) >= 11 is 0. The first-order valence-corrected chi connectivity index (χ1v) is 34.7. The van der Waals surface area contributed by atoms with E-state index in [-0.39, 0.29) is 18.5 Å². The van der Waals surface area contributed by atoms with Crippen LogP contribution in [0.4, 0.5) is 0 Å². The van der Waals surface area contributed by atoms with Crippen molar-refractivity contribution in [1.29, 1.82) is 0 Å². The molecule has 0 fully saturated rings. The summed E-state index contributed by atoms with van der Waals surface area (Å²) in [5.41, 5.74) is 0. The van der Waals surface area contributed by atoms with E-state index in [1.807, 2.05) is 0 Å². The molecule has 0 radical (unpaired) electrons. The van der Waals surface area contributed by atoms with E-state index in [9.17, 15) is 19.8 Å². The van der Waals surface area contributed by atoms with Crippen LogP contribution in [-0.2, 0) is 14.3 Å². The van der Waals surface area contributed by atoms with Crippen LogP contribution < -0.4 is 5.32 Å². The number of esters is 1. The molecule has 0 spiro atoms. The van der Waals surface area contributed by atoms with Gasteiger partial charge >= 0.3 is 5.97 Å². The highest BCUT2D eigenvalue weighted by Gasteiger charge is 2.20. The molecule has 0 aliphatic carbocycles. The number of unbranched alkanes of at least 4 members (excludes halogenated alkanes) is 48. The Labute approximate surface area is 481 Å². The molecule has 0 aromatic rings. The topological polar surface area (TPSA) is 95.9 Å². The van der Waals surface area contributed by atoms with Gasteiger partial charge in [0.15, 0.2) is 0 Å². The Hall–Kier alpha value is -1.92. The van der Waals surface area contributed by atoms with Crippen molar-refractivity contribution in [3.63, 3.8) is 0 Å². The van der Waals surface area contributed by atoms with Crippen LogP contribution in [0.2, 0.25) is 0 Å². The van der Waals surface area contributed by atoms with Crippen LogP contribution in [0.15, 0.2) is 36.5 Å². The molecule has 0 saturated heterocycles. The molecule has 6 heteroatoms. The van der Waals surface area contributed by atoms with E-state index in [1.165, 1.54) is 295 Å². The Kier molecular flexibility index (Phi) is 64.9. The molecule has 0 aromatic heterocycles. The number of hydrogen-bond acceptors (Lipinski definition) is 5. The Morgan fingerprint density at radius 3 is 1.03 bits per heavy atom. The van der Waals surface area contributed by atoms with E-state index >= 15 is 0 Å². The molecule has 0 bridgehead atoms. The van der Waals surface area contributed by atoms with Gasteiger partial charge in [0.05, 0.1) is 25.4 Å². The largest absolute Gasteiger partial charge is 0.466 e. The van der Waals surface area contributed by atoms with Gasteiger partial charge in [0.2, 0.25) is 5.91 Å². The zero-order valence-electron chi connectivity index (χ0n) is 52.0. The smallest absolute Gasteiger partial charge is 0.305 e. The van der Waals surface area contributed by atoms with Gasteiger partial charge in [-0.1, -0.05) is 320 Å². The standard InChI is InChI=1S/C71H135NO5/c1-3-5-7-9-11-13-15-17-18-19-31-34-37-40-43-47-51-55-59-63-69(74)68(67-73)72-70(75)64-60-56-52-48-44-41-38-35-32-29-27-25-23-21-20-22-24-26-28-30-33-36-39-42-46-50-54-58-62-66-77-71(76)65-61-57-53-49-45-16-14-12-10-8-6-4-2/h12,14,20,22,26,28,68-69,73-74H,3-11,13,15-19,21,23-25,27,29-67H2,1-2H3,(H,72,75)/b14-12-,22-20-,28-26-. The van der Waals surface area contributed by atoms with Crippen molar-refractivity contribution in [3.8, 4) is 0 Å². The Morgan fingerprint density at radius 2 is 0.649 bits per heavy atom. The van der Waals surface area contributed by atoms with Crippen LogP contribution in [0, 0.1) is 0 Å². The first-order valence-electron chi connectivity index (χ1n) is 34.7. The van der Waals surface area contributed by atoms with E-state index in [2.05, 4.69) is 55.6 Å². The Morgan fingerprint density at radius 1 is 0.364 bits per heavy atom. The predicted octanol–water partition coefficient (Wildman–Crippen LogP) is 22.3. The predicted molar refractivity (Wildman–Crippen MR) is 338 cm³/mol. The highest BCUT2D eigenvalue weighted by atomic mass is 16.5. The Bertz CT molecular complexity index is 1250. The minimum absolute atomic E-state index is 0.00218. The number of ether oxygens (including phenoxy) is 1. The molecular weight excluding hydrogens is 947 g/mol. The van der Waals surface area contributed by atoms with Crippen molar-refractivity contribution in [2.45, 2.75) is 392 Å². The fourth-order valence-electron chi connectivity index (χ4n) is 10.8. The van der Waals surface area contributed by atoms with Crippen LogP contribution in [0.1, 0.15) is 380 Å². The summed E-state index contributed by atoms with van der Waals surface area (Å²) in [6.07, 6.45) is 84.7. The van der Waals surface area contributed by atoms with Gasteiger partial charge in [0, 0.05) is 12.8 Å². The maximum Gasteiger partial charge on any atom is 0.305 e. The number of allylic oxidation sites excluding steroid dienone is 6. The summed E-state index contributed by atoms with van der Waals surface area (Å²) in [5, 5.41) is 23.4. The third kappa shape index (κ3) is 63.1. The van der Waals surface area contributed by atoms with Gasteiger partial charge in [-0.15, -0.1) is 0 Å². The molecule has 0 saturated carbocycles. The van der Waals surface area contributed by atoms with Gasteiger partial charge in [-0.3, -0.25) is 9.59 Å². The van der Waals surface area contributed by atoms with Gasteiger partial charge in [-0.05, 0) is 83.5 Å². The van der Waals surface area contributed by atoms with Crippen LogP contribution >= 0.6 is 0 Å². The number of carbonyl (C=O) groups excluding carboxylic acids is 2. The lowest BCUT2D eigenvalue weighted by atomic mass is 10.0. The van der Waals surface area contributed by atoms with Crippen molar-refractivity contribution in [1.82, 2.24) is 5.32 Å². The normalized spacial score (nSPS) is 12.7. The zero-order chi connectivity index (χ0) is 55.7. The van der Waals surface area contributed by atoms with Gasteiger partial charge in [0.1, 0.15) is 0 Å². The summed E-state index contributed by atoms with van der Waals surface area (Å²) in [7, 11) is 0. The number of nitrogens with one attached hydrogen (secondary N) is 1. The van der Waals surface area contributed by atoms with Crippen LogP contribution in [0.25, 0.3) is 0 Å². The van der Waals surface area contributed by atoms with Crippen molar-refractivity contribution in [2.75, 3.05) is 13.2 Å². The average Bonchev–Trinajstić information content (AvgIpc) is 3.43. The first kappa shape index (κ1) is 75.1. The first-order chi connectivity index (χ1) is 38.0. The number of hydrogen-bond donors (Lipinski definition) is 3. The second kappa shape index (κ2) is 66.6. The molecule has 3 N–H and O–H groups in total. The van der Waals surface area contributed by atoms with E-state index in [1.54, 1.807) is 0 Å². The van der Waals surface area contributed by atoms with Gasteiger partial charge in [-0.25, -0.2) is 0 Å². The minimum atomic E-state index is -0.666. The number of aliphatic hydroxyl groups excluding tert-OH is 2. The van der Waals surface area contributed by atoms with Gasteiger partial charge in [-0.2, -0.15) is 0 Å². The number of rotatable bonds is 65. The van der Waals surface area contributed by atoms with Crippen LogP contribution in [-0.4, -0.2) is 47.4 Å². The van der Waals surface area contributed by atoms with Crippen molar-refractivity contribution in [3.05, 3.63) is 36.5 Å². The summed E-state index contributed by atoms with van der Waals surface area (Å²) < 4.78 is 5.47. The molecule has 0 aromatic carbocycles. The molecule has 2 atom stereocenters. The number of amides is 1. The molecule has 6 nitrogen and oxygen atoms in total. The van der Waals surface area contributed by atoms with Gasteiger partial charge in [0.25, 0.3) is 0 Å². The molecule has 0 aliphatic heterocycles. The van der Waals surface area contributed by atoms with Gasteiger partial charge < -0.3 is 20.3 Å². The van der Waals surface area contributed by atoms with Crippen LogP contribution in [0.3, 0.4) is 0 Å². The highest BCUT2D eigenvalue weighted by Crippen LogP contribution is 2.18. The summed E-state index contributed by atoms with van der Waals surface area (Å²) in [6.45, 7) is 4.95. The third-order valence-electron chi connectivity index (χ3n) is 16.2. The fraction of sp³-hybridized carbons (Fsp3) is 0.887. The fourth-order valence-corrected chi connectivity index (χ4v) is 10.8. The molecule has 454 valence electrons. The molecule has 77 heavy (non-hydrogen) atoms. The molecule has 0 heterocycles. The zero-order valence-corrected chi connectivity index (χ0v) is 52.0. The Balaban J connectivity index is 3.41. The lowest BCUT2D eigenvalue weighted by Gasteiger charge is -2.22. The van der Waals surface area contributed by atoms with E-state index < -0.39 is 12.1 Å². The monoisotopic (exact) mass is 1080 g/mol. The van der Waals surface area contributed by atoms with Crippen molar-refractivity contribution in [2.24, 2.45) is 0 Å². The van der Waals surface area contributed by atoms with Crippen molar-refractivity contribution >= 4 is 11.9 Å². The lowest BCUT2D eigenvalue weighted by molar-refractivity contribution is -0.143. The van der Waals surface area contributed by atoms with Crippen molar-refractivity contribution < 1.29 is 24.5 Å². The maximum atomic E-state index is 12.5. The molecular formula is C71H135NO5. The second-order valence-corrected chi connectivity index (χ2v) is 23.9. The quantitative estimate of drug-likeness (QED) is 0.0320. The lowest BCUT2D eigenvalue weighted by Crippen LogP contribution is -2.45. The molecule has 0 rings (SSSR count). The van der Waals surface area contributed by atoms with E-state index in [0.717, 1.165) is 51.4 Å². The van der Waals surface area contributed by atoms with E-state index in [0.29, 0.717) is 25.9 Å². The highest BCUT2D eigenvalue weighted by molar-refractivity contribution is 5.76. The third-order valence-corrected chi connectivity index (χ3v) is 16.2. The van der Waals surface area contributed by atoms with E-state index in [4.69, 9.17) is 4.74 Å². The maximum absolute atomic E-state index is 12.5. The summed E-state index contributed by atoms with van der Waals surface area (Å²) in [6, 6.07) is -0.543. The van der Waals surface area contributed by atoms with Crippen LogP contribution in [0.5, 0.6) is 0 Å². The summed E-state index contributed by atoms with van der Waals surface area (Å²) in [5.74, 6) is -0.0304. The number of carbonyl (C=O) groups is 2. The SMILES string of the molecule is CCCCC/C=C\CCCCCCCC(=O)OCCCCCCCCCCC/C=C\C/C=C\CCCCCCCCCCCCCCCC(=O)NC(CO)C(O)CCCCCCCCCCCCCCCCCCCCC. The summed E-state index contributed by atoms with van der Waals surface area (Å²) in [4.78, 5) is 24.5. The molecule has 0 aliphatic rings. The minimum Gasteiger partial charge on any atom is -0.466 e. The molecule has 1 amide bonds. The second-order valence-electron chi connectivity index (χ2n) is 23.9. The molecule has 2 unspecified atom stereocenters.